The molecule has 0 atom stereocenters. The first kappa shape index (κ1) is 13.2. The topological polar surface area (TPSA) is 95.6 Å². The van der Waals surface area contributed by atoms with Gasteiger partial charge in [-0.25, -0.2) is 0 Å². The molecule has 2 aromatic heterocycles. The largest absolute Gasteiger partial charge is 0.351 e. The summed E-state index contributed by atoms with van der Waals surface area (Å²) in [6, 6.07) is 3.93. The standard InChI is InChI=1S/C12H16N6O/c19-12(11-9-16-18-17-11)15-6-2-5-14-8-10-3-1-4-13-7-10/h1,3-4,7,9,14H,2,5-6,8H2,(H,15,19)(H,16,17,18). The summed E-state index contributed by atoms with van der Waals surface area (Å²) in [5.74, 6) is -0.207. The molecule has 0 bridgehead atoms. The van der Waals surface area contributed by atoms with Crippen molar-refractivity contribution in [2.45, 2.75) is 13.0 Å². The zero-order valence-corrected chi connectivity index (χ0v) is 10.5. The maximum Gasteiger partial charge on any atom is 0.273 e. The number of nitrogens with zero attached hydrogens (tertiary/aromatic N) is 3. The van der Waals surface area contributed by atoms with E-state index >= 15 is 0 Å². The van der Waals surface area contributed by atoms with Gasteiger partial charge in [-0.15, -0.1) is 0 Å². The lowest BCUT2D eigenvalue weighted by Crippen LogP contribution is -2.27. The highest BCUT2D eigenvalue weighted by Gasteiger charge is 2.06. The Morgan fingerprint density at radius 1 is 1.32 bits per heavy atom. The summed E-state index contributed by atoms with van der Waals surface area (Å²) in [5, 5.41) is 15.7. The minimum absolute atomic E-state index is 0.207. The number of H-pyrrole nitrogens is 1. The van der Waals surface area contributed by atoms with Gasteiger partial charge in [0.15, 0.2) is 5.69 Å². The average Bonchev–Trinajstić information content (AvgIpc) is 2.98. The van der Waals surface area contributed by atoms with Crippen molar-refractivity contribution >= 4 is 5.91 Å². The maximum atomic E-state index is 11.5. The van der Waals surface area contributed by atoms with Crippen LogP contribution in [0.2, 0.25) is 0 Å². The molecule has 100 valence electrons. The molecule has 19 heavy (non-hydrogen) atoms. The molecule has 0 saturated carbocycles. The van der Waals surface area contributed by atoms with E-state index in [1.807, 2.05) is 18.3 Å². The Morgan fingerprint density at radius 2 is 2.26 bits per heavy atom. The van der Waals surface area contributed by atoms with E-state index in [-0.39, 0.29) is 5.91 Å². The Balaban J connectivity index is 1.54. The monoisotopic (exact) mass is 260 g/mol. The second kappa shape index (κ2) is 7.22. The lowest BCUT2D eigenvalue weighted by atomic mass is 10.3. The first-order valence-corrected chi connectivity index (χ1v) is 6.10. The Labute approximate surface area is 110 Å². The molecule has 0 radical (unpaired) electrons. The van der Waals surface area contributed by atoms with Crippen molar-refractivity contribution in [1.82, 2.24) is 31.0 Å². The van der Waals surface area contributed by atoms with Crippen LogP contribution in [0.4, 0.5) is 0 Å². The Morgan fingerprint density at radius 3 is 3.00 bits per heavy atom. The molecular formula is C12H16N6O. The van der Waals surface area contributed by atoms with Crippen LogP contribution in [-0.4, -0.2) is 39.4 Å². The molecule has 2 rings (SSSR count). The molecule has 0 spiro atoms. The summed E-state index contributed by atoms with van der Waals surface area (Å²) in [6.07, 6.45) is 5.84. The van der Waals surface area contributed by atoms with Gasteiger partial charge in [-0.1, -0.05) is 6.07 Å². The Kier molecular flexibility index (Phi) is 5.00. The number of aromatic nitrogens is 4. The van der Waals surface area contributed by atoms with Crippen LogP contribution >= 0.6 is 0 Å². The fraction of sp³-hybridized carbons (Fsp3) is 0.333. The van der Waals surface area contributed by atoms with Crippen LogP contribution in [0.1, 0.15) is 22.5 Å². The zero-order chi connectivity index (χ0) is 13.3. The van der Waals surface area contributed by atoms with Crippen LogP contribution in [0.3, 0.4) is 0 Å². The molecular weight excluding hydrogens is 244 g/mol. The Bertz CT molecular complexity index is 484. The van der Waals surface area contributed by atoms with E-state index in [2.05, 4.69) is 31.0 Å². The first-order valence-electron chi connectivity index (χ1n) is 6.10. The van der Waals surface area contributed by atoms with Crippen LogP contribution in [0.25, 0.3) is 0 Å². The SMILES string of the molecule is O=C(NCCCNCc1cccnc1)c1cn[nH]n1. The highest BCUT2D eigenvalue weighted by Crippen LogP contribution is 1.94. The molecule has 0 aliphatic carbocycles. The van der Waals surface area contributed by atoms with Crippen molar-refractivity contribution in [3.05, 3.63) is 42.0 Å². The summed E-state index contributed by atoms with van der Waals surface area (Å²) in [6.45, 7) is 2.21. The van der Waals surface area contributed by atoms with E-state index in [9.17, 15) is 4.79 Å². The predicted octanol–water partition coefficient (Wildman–Crippen LogP) is 0.109. The second-order valence-electron chi connectivity index (χ2n) is 4.00. The van der Waals surface area contributed by atoms with E-state index in [1.54, 1.807) is 6.20 Å². The summed E-state index contributed by atoms with van der Waals surface area (Å²) in [7, 11) is 0. The van der Waals surface area contributed by atoms with Crippen LogP contribution in [0.15, 0.2) is 30.7 Å². The fourth-order valence-corrected chi connectivity index (χ4v) is 1.55. The van der Waals surface area contributed by atoms with E-state index in [1.165, 1.54) is 6.20 Å². The van der Waals surface area contributed by atoms with Crippen molar-refractivity contribution in [3.63, 3.8) is 0 Å². The summed E-state index contributed by atoms with van der Waals surface area (Å²) >= 11 is 0. The van der Waals surface area contributed by atoms with Crippen LogP contribution < -0.4 is 10.6 Å². The Hall–Kier alpha value is -2.28. The van der Waals surface area contributed by atoms with Gasteiger partial charge < -0.3 is 10.6 Å². The number of rotatable bonds is 7. The van der Waals surface area contributed by atoms with Gasteiger partial charge in [0.05, 0.1) is 6.20 Å². The molecule has 0 saturated heterocycles. The number of carbonyl (C=O) groups is 1. The number of nitrogens with one attached hydrogen (secondary N) is 3. The lowest BCUT2D eigenvalue weighted by Gasteiger charge is -2.05. The quantitative estimate of drug-likeness (QED) is 0.614. The predicted molar refractivity (Wildman–Crippen MR) is 69.3 cm³/mol. The number of hydrogen-bond acceptors (Lipinski definition) is 5. The maximum absolute atomic E-state index is 11.5. The van der Waals surface area contributed by atoms with Gasteiger partial charge in [0, 0.05) is 25.5 Å². The smallest absolute Gasteiger partial charge is 0.273 e. The molecule has 1 amide bonds. The number of carbonyl (C=O) groups excluding carboxylic acids is 1. The van der Waals surface area contributed by atoms with Gasteiger partial charge in [0.25, 0.3) is 5.91 Å². The van der Waals surface area contributed by atoms with Gasteiger partial charge >= 0.3 is 0 Å². The molecule has 2 heterocycles. The first-order chi connectivity index (χ1) is 9.36. The minimum atomic E-state index is -0.207. The minimum Gasteiger partial charge on any atom is -0.351 e. The van der Waals surface area contributed by atoms with Gasteiger partial charge in [-0.3, -0.25) is 9.78 Å². The molecule has 0 aliphatic heterocycles. The third-order valence-corrected chi connectivity index (χ3v) is 2.52. The molecule has 7 nitrogen and oxygen atoms in total. The van der Waals surface area contributed by atoms with Crippen LogP contribution in [-0.2, 0) is 6.54 Å². The molecule has 2 aromatic rings. The van der Waals surface area contributed by atoms with Gasteiger partial charge in [0.2, 0.25) is 0 Å². The highest BCUT2D eigenvalue weighted by atomic mass is 16.1. The van der Waals surface area contributed by atoms with E-state index < -0.39 is 0 Å². The lowest BCUT2D eigenvalue weighted by molar-refractivity contribution is 0.0948. The molecule has 3 N–H and O–H groups in total. The highest BCUT2D eigenvalue weighted by molar-refractivity contribution is 5.91. The fourth-order valence-electron chi connectivity index (χ4n) is 1.55. The van der Waals surface area contributed by atoms with Crippen molar-refractivity contribution < 1.29 is 4.79 Å². The number of hydrogen-bond donors (Lipinski definition) is 3. The van der Waals surface area contributed by atoms with Crippen molar-refractivity contribution in [2.75, 3.05) is 13.1 Å². The van der Waals surface area contributed by atoms with Gasteiger partial charge in [-0.2, -0.15) is 15.4 Å². The van der Waals surface area contributed by atoms with E-state index in [4.69, 9.17) is 0 Å². The van der Waals surface area contributed by atoms with Crippen molar-refractivity contribution in [1.29, 1.82) is 0 Å². The number of pyridine rings is 1. The van der Waals surface area contributed by atoms with Gasteiger partial charge in [-0.05, 0) is 24.6 Å². The number of aromatic amines is 1. The molecule has 0 fully saturated rings. The third-order valence-electron chi connectivity index (χ3n) is 2.52. The summed E-state index contributed by atoms with van der Waals surface area (Å²) in [4.78, 5) is 15.5. The van der Waals surface area contributed by atoms with Crippen LogP contribution in [0, 0.1) is 0 Å². The zero-order valence-electron chi connectivity index (χ0n) is 10.5. The molecule has 0 aliphatic rings. The van der Waals surface area contributed by atoms with E-state index in [0.717, 1.165) is 25.1 Å². The van der Waals surface area contributed by atoms with Gasteiger partial charge in [0.1, 0.15) is 0 Å². The molecule has 0 aromatic carbocycles. The third kappa shape index (κ3) is 4.47. The summed E-state index contributed by atoms with van der Waals surface area (Å²) in [5.41, 5.74) is 1.46. The second-order valence-corrected chi connectivity index (χ2v) is 4.00. The average molecular weight is 260 g/mol. The molecule has 0 unspecified atom stereocenters. The van der Waals surface area contributed by atoms with Crippen molar-refractivity contribution in [2.24, 2.45) is 0 Å². The summed E-state index contributed by atoms with van der Waals surface area (Å²) < 4.78 is 0. The van der Waals surface area contributed by atoms with Crippen LogP contribution in [0.5, 0.6) is 0 Å². The molecule has 7 heteroatoms. The number of amides is 1. The van der Waals surface area contributed by atoms with Crippen molar-refractivity contribution in [3.8, 4) is 0 Å². The normalized spacial score (nSPS) is 10.3. The van der Waals surface area contributed by atoms with E-state index in [0.29, 0.717) is 12.2 Å².